The molecule has 0 aliphatic carbocycles. The fourth-order valence-corrected chi connectivity index (χ4v) is 3.53. The number of hydrogen-bond acceptors (Lipinski definition) is 4. The van der Waals surface area contributed by atoms with Crippen molar-refractivity contribution < 1.29 is 19.0 Å². The zero-order valence-corrected chi connectivity index (χ0v) is 18.3. The van der Waals surface area contributed by atoms with Gasteiger partial charge in [-0.05, 0) is 47.2 Å². The second kappa shape index (κ2) is 9.62. The molecule has 0 heterocycles. The number of aromatic hydroxyl groups is 1. The van der Waals surface area contributed by atoms with Crippen molar-refractivity contribution >= 4 is 38.8 Å². The summed E-state index contributed by atoms with van der Waals surface area (Å²) in [6.07, 6.45) is 1.43. The molecular formula is C25H18BrFN2O3. The van der Waals surface area contributed by atoms with Gasteiger partial charge in [0.1, 0.15) is 23.9 Å². The molecule has 5 nitrogen and oxygen atoms in total. The Morgan fingerprint density at radius 2 is 1.75 bits per heavy atom. The molecule has 0 spiro atoms. The smallest absolute Gasteiger partial charge is 0.275 e. The maximum Gasteiger partial charge on any atom is 0.275 e. The SMILES string of the molecule is O=C(N/N=C/c1cc(Br)ccc1OCc1ccccc1F)c1cc2ccccc2cc1O. The summed E-state index contributed by atoms with van der Waals surface area (Å²) in [5.74, 6) is -0.550. The van der Waals surface area contributed by atoms with Gasteiger partial charge in [-0.3, -0.25) is 4.79 Å². The first-order valence-corrected chi connectivity index (χ1v) is 10.5. The Labute approximate surface area is 192 Å². The van der Waals surface area contributed by atoms with E-state index in [1.165, 1.54) is 18.3 Å². The van der Waals surface area contributed by atoms with E-state index < -0.39 is 5.91 Å². The zero-order valence-electron chi connectivity index (χ0n) is 16.8. The molecule has 160 valence electrons. The first-order chi connectivity index (χ1) is 15.5. The van der Waals surface area contributed by atoms with Gasteiger partial charge in [0, 0.05) is 15.6 Å². The molecule has 1 amide bonds. The number of carbonyl (C=O) groups excluding carboxylic acids is 1. The molecule has 0 unspecified atom stereocenters. The normalized spacial score (nSPS) is 11.1. The van der Waals surface area contributed by atoms with Gasteiger partial charge < -0.3 is 9.84 Å². The van der Waals surface area contributed by atoms with Crippen molar-refractivity contribution in [3.63, 3.8) is 0 Å². The number of halogens is 2. The van der Waals surface area contributed by atoms with Crippen LogP contribution >= 0.6 is 15.9 Å². The van der Waals surface area contributed by atoms with Crippen LogP contribution in [0.3, 0.4) is 0 Å². The number of carbonyl (C=O) groups is 1. The van der Waals surface area contributed by atoms with Crippen molar-refractivity contribution in [1.82, 2.24) is 5.43 Å². The van der Waals surface area contributed by atoms with Gasteiger partial charge in [0.05, 0.1) is 11.8 Å². The molecule has 7 heteroatoms. The largest absolute Gasteiger partial charge is 0.507 e. The van der Waals surface area contributed by atoms with Gasteiger partial charge in [0.2, 0.25) is 0 Å². The van der Waals surface area contributed by atoms with Crippen LogP contribution in [0.5, 0.6) is 11.5 Å². The lowest BCUT2D eigenvalue weighted by molar-refractivity contribution is 0.0952. The molecule has 32 heavy (non-hydrogen) atoms. The van der Waals surface area contributed by atoms with E-state index in [0.717, 1.165) is 15.2 Å². The number of hydrazone groups is 1. The average molecular weight is 493 g/mol. The molecule has 0 atom stereocenters. The minimum Gasteiger partial charge on any atom is -0.507 e. The second-order valence-electron chi connectivity index (χ2n) is 6.98. The first kappa shape index (κ1) is 21.5. The molecule has 0 saturated carbocycles. The van der Waals surface area contributed by atoms with E-state index in [0.29, 0.717) is 16.9 Å². The Morgan fingerprint density at radius 1 is 1.03 bits per heavy atom. The molecule has 0 fully saturated rings. The standard InChI is InChI=1S/C25H18BrFN2O3/c26-20-9-10-24(32-15-18-7-3-4-8-22(18)27)19(11-20)14-28-29-25(31)21-12-16-5-1-2-6-17(16)13-23(21)30/h1-14,30H,15H2,(H,29,31)/b28-14+. The van der Waals surface area contributed by atoms with Gasteiger partial charge in [-0.2, -0.15) is 5.10 Å². The minimum atomic E-state index is -0.548. The molecule has 0 aromatic heterocycles. The van der Waals surface area contributed by atoms with Crippen LogP contribution in [0, 0.1) is 5.82 Å². The molecule has 0 aliphatic heterocycles. The lowest BCUT2D eigenvalue weighted by Crippen LogP contribution is -2.17. The second-order valence-corrected chi connectivity index (χ2v) is 7.89. The third-order valence-corrected chi connectivity index (χ3v) is 5.28. The van der Waals surface area contributed by atoms with Gasteiger partial charge >= 0.3 is 0 Å². The number of rotatable bonds is 6. The Morgan fingerprint density at radius 3 is 2.53 bits per heavy atom. The highest BCUT2D eigenvalue weighted by Gasteiger charge is 2.12. The predicted octanol–water partition coefficient (Wildman–Crippen LogP) is 5.79. The fourth-order valence-electron chi connectivity index (χ4n) is 3.15. The maximum atomic E-state index is 13.9. The van der Waals surface area contributed by atoms with Crippen LogP contribution < -0.4 is 10.2 Å². The van der Waals surface area contributed by atoms with Gasteiger partial charge in [0.25, 0.3) is 5.91 Å². The third-order valence-electron chi connectivity index (χ3n) is 4.79. The van der Waals surface area contributed by atoms with Crippen molar-refractivity contribution in [3.8, 4) is 11.5 Å². The topological polar surface area (TPSA) is 70.9 Å². The number of phenolic OH excluding ortho intramolecular Hbond substituents is 1. The molecule has 2 N–H and O–H groups in total. The predicted molar refractivity (Wildman–Crippen MR) is 126 cm³/mol. The molecule has 4 aromatic carbocycles. The molecule has 0 saturated heterocycles. The van der Waals surface area contributed by atoms with Crippen LogP contribution in [0.15, 0.2) is 88.4 Å². The van der Waals surface area contributed by atoms with Crippen molar-refractivity contribution in [2.75, 3.05) is 0 Å². The highest BCUT2D eigenvalue weighted by molar-refractivity contribution is 9.10. The summed E-state index contributed by atoms with van der Waals surface area (Å²) in [4.78, 5) is 12.5. The number of ether oxygens (including phenoxy) is 1. The highest BCUT2D eigenvalue weighted by atomic mass is 79.9. The molecule has 0 bridgehead atoms. The highest BCUT2D eigenvalue weighted by Crippen LogP contribution is 2.25. The summed E-state index contributed by atoms with van der Waals surface area (Å²) in [6, 6.07) is 22.2. The number of nitrogens with zero attached hydrogens (tertiary/aromatic N) is 1. The summed E-state index contributed by atoms with van der Waals surface area (Å²) in [5, 5.41) is 15.9. The van der Waals surface area contributed by atoms with E-state index in [2.05, 4.69) is 26.5 Å². The van der Waals surface area contributed by atoms with Gasteiger partial charge in [-0.1, -0.05) is 58.4 Å². The summed E-state index contributed by atoms with van der Waals surface area (Å²) >= 11 is 3.40. The van der Waals surface area contributed by atoms with E-state index >= 15 is 0 Å². The summed E-state index contributed by atoms with van der Waals surface area (Å²) in [6.45, 7) is 0.0481. The monoisotopic (exact) mass is 492 g/mol. The Bertz CT molecular complexity index is 1320. The van der Waals surface area contributed by atoms with E-state index in [9.17, 15) is 14.3 Å². The average Bonchev–Trinajstić information content (AvgIpc) is 2.79. The van der Waals surface area contributed by atoms with Crippen LogP contribution in [-0.4, -0.2) is 17.2 Å². The Hall–Kier alpha value is -3.71. The molecule has 4 aromatic rings. The number of hydrogen-bond donors (Lipinski definition) is 2. The molecule has 4 rings (SSSR count). The number of amides is 1. The molecule has 0 radical (unpaired) electrons. The number of benzene rings is 4. The minimum absolute atomic E-state index is 0.0481. The third kappa shape index (κ3) is 4.95. The number of phenols is 1. The summed E-state index contributed by atoms with van der Waals surface area (Å²) in [5.41, 5.74) is 3.55. The Kier molecular flexibility index (Phi) is 6.47. The van der Waals surface area contributed by atoms with Crippen LogP contribution in [0.1, 0.15) is 21.5 Å². The van der Waals surface area contributed by atoms with Crippen molar-refractivity contribution in [2.24, 2.45) is 5.10 Å². The number of fused-ring (bicyclic) bond motifs is 1. The molecular weight excluding hydrogens is 475 g/mol. The van der Waals surface area contributed by atoms with E-state index in [1.54, 1.807) is 42.5 Å². The van der Waals surface area contributed by atoms with Crippen molar-refractivity contribution in [1.29, 1.82) is 0 Å². The zero-order chi connectivity index (χ0) is 22.5. The van der Waals surface area contributed by atoms with E-state index in [1.807, 2.05) is 24.3 Å². The summed E-state index contributed by atoms with van der Waals surface area (Å²) < 4.78 is 20.4. The van der Waals surface area contributed by atoms with E-state index in [4.69, 9.17) is 4.74 Å². The van der Waals surface area contributed by atoms with Gasteiger partial charge in [-0.15, -0.1) is 0 Å². The fraction of sp³-hybridized carbons (Fsp3) is 0.0400. The van der Waals surface area contributed by atoms with Crippen molar-refractivity contribution in [2.45, 2.75) is 6.61 Å². The van der Waals surface area contributed by atoms with Crippen LogP contribution in [0.25, 0.3) is 10.8 Å². The Balaban J connectivity index is 1.49. The number of nitrogens with one attached hydrogen (secondary N) is 1. The quantitative estimate of drug-likeness (QED) is 0.264. The van der Waals surface area contributed by atoms with Gasteiger partial charge in [-0.25, -0.2) is 9.82 Å². The van der Waals surface area contributed by atoms with E-state index in [-0.39, 0.29) is 23.7 Å². The van der Waals surface area contributed by atoms with Crippen LogP contribution in [-0.2, 0) is 6.61 Å². The summed E-state index contributed by atoms with van der Waals surface area (Å²) in [7, 11) is 0. The van der Waals surface area contributed by atoms with Gasteiger partial charge in [0.15, 0.2) is 0 Å². The van der Waals surface area contributed by atoms with Crippen LogP contribution in [0.2, 0.25) is 0 Å². The van der Waals surface area contributed by atoms with Crippen LogP contribution in [0.4, 0.5) is 4.39 Å². The lowest BCUT2D eigenvalue weighted by Gasteiger charge is -2.10. The van der Waals surface area contributed by atoms with Crippen molar-refractivity contribution in [3.05, 3.63) is 106 Å². The first-order valence-electron chi connectivity index (χ1n) is 9.72. The maximum absolute atomic E-state index is 13.9. The molecule has 0 aliphatic rings. The lowest BCUT2D eigenvalue weighted by atomic mass is 10.1.